The van der Waals surface area contributed by atoms with Crippen molar-refractivity contribution in [2.45, 2.75) is 45.0 Å². The second kappa shape index (κ2) is 6.75. The lowest BCUT2D eigenvalue weighted by Crippen LogP contribution is -2.36. The summed E-state index contributed by atoms with van der Waals surface area (Å²) in [6.45, 7) is 5.24. The standard InChI is InChI=1S/C15H21F3N2O/c1-3-6-20-13(14-10(2)5-8-21-14)11-9-19-7-4-12(11)15(16,17)18/h4,7,9-10,13-14,20H,3,5-6,8H2,1-2H3. The number of ether oxygens (including phenoxy) is 1. The molecule has 3 nitrogen and oxygen atoms in total. The van der Waals surface area contributed by atoms with Crippen molar-refractivity contribution in [1.82, 2.24) is 10.3 Å². The maximum atomic E-state index is 13.2. The minimum atomic E-state index is -4.38. The lowest BCUT2D eigenvalue weighted by atomic mass is 9.90. The topological polar surface area (TPSA) is 34.2 Å². The van der Waals surface area contributed by atoms with Crippen LogP contribution in [-0.4, -0.2) is 24.2 Å². The number of aromatic nitrogens is 1. The average molecular weight is 302 g/mol. The molecule has 1 aromatic heterocycles. The van der Waals surface area contributed by atoms with Crippen LogP contribution < -0.4 is 5.32 Å². The van der Waals surface area contributed by atoms with E-state index in [1.54, 1.807) is 0 Å². The number of halogens is 3. The highest BCUT2D eigenvalue weighted by molar-refractivity contribution is 5.30. The van der Waals surface area contributed by atoms with Gasteiger partial charge in [0.15, 0.2) is 0 Å². The fourth-order valence-electron chi connectivity index (χ4n) is 2.76. The van der Waals surface area contributed by atoms with Crippen molar-refractivity contribution in [1.29, 1.82) is 0 Å². The van der Waals surface area contributed by atoms with E-state index in [0.29, 0.717) is 13.2 Å². The largest absolute Gasteiger partial charge is 0.416 e. The van der Waals surface area contributed by atoms with Gasteiger partial charge in [0.25, 0.3) is 0 Å². The zero-order valence-electron chi connectivity index (χ0n) is 12.3. The highest BCUT2D eigenvalue weighted by Gasteiger charge is 2.40. The SMILES string of the molecule is CCCNC(c1cnccc1C(F)(F)F)C1OCCC1C. The summed E-state index contributed by atoms with van der Waals surface area (Å²) >= 11 is 0. The lowest BCUT2D eigenvalue weighted by Gasteiger charge is -2.29. The van der Waals surface area contributed by atoms with Gasteiger partial charge in [0, 0.05) is 24.6 Å². The van der Waals surface area contributed by atoms with E-state index in [4.69, 9.17) is 4.74 Å². The Morgan fingerprint density at radius 1 is 1.48 bits per heavy atom. The second-order valence-electron chi connectivity index (χ2n) is 5.49. The molecule has 3 unspecified atom stereocenters. The minimum Gasteiger partial charge on any atom is -0.376 e. The molecular formula is C15H21F3N2O. The molecule has 1 aliphatic heterocycles. The van der Waals surface area contributed by atoms with Gasteiger partial charge in [0.2, 0.25) is 0 Å². The van der Waals surface area contributed by atoms with Crippen molar-refractivity contribution in [2.24, 2.45) is 5.92 Å². The molecule has 0 spiro atoms. The number of nitrogens with one attached hydrogen (secondary N) is 1. The van der Waals surface area contributed by atoms with Gasteiger partial charge in [-0.1, -0.05) is 13.8 Å². The molecule has 118 valence electrons. The molecule has 1 aromatic rings. The van der Waals surface area contributed by atoms with Crippen LogP contribution in [0.25, 0.3) is 0 Å². The van der Waals surface area contributed by atoms with Crippen molar-refractivity contribution in [2.75, 3.05) is 13.2 Å². The van der Waals surface area contributed by atoms with Crippen molar-refractivity contribution in [3.8, 4) is 0 Å². The highest BCUT2D eigenvalue weighted by Crippen LogP contribution is 2.38. The van der Waals surface area contributed by atoms with Crippen LogP contribution in [0.4, 0.5) is 13.2 Å². The maximum Gasteiger partial charge on any atom is 0.416 e. The highest BCUT2D eigenvalue weighted by atomic mass is 19.4. The second-order valence-corrected chi connectivity index (χ2v) is 5.49. The Bertz CT molecular complexity index is 464. The van der Waals surface area contributed by atoms with Gasteiger partial charge in [-0.3, -0.25) is 4.98 Å². The number of hydrogen-bond acceptors (Lipinski definition) is 3. The minimum absolute atomic E-state index is 0.178. The Morgan fingerprint density at radius 3 is 2.81 bits per heavy atom. The molecule has 0 aliphatic carbocycles. The number of alkyl halides is 3. The molecule has 1 aliphatic rings. The summed E-state index contributed by atoms with van der Waals surface area (Å²) in [6, 6.07) is 0.558. The van der Waals surface area contributed by atoms with Crippen LogP contribution in [0.3, 0.4) is 0 Å². The van der Waals surface area contributed by atoms with Gasteiger partial charge in [-0.2, -0.15) is 13.2 Å². The number of nitrogens with zero attached hydrogens (tertiary/aromatic N) is 1. The molecule has 0 amide bonds. The van der Waals surface area contributed by atoms with E-state index in [2.05, 4.69) is 10.3 Å². The first-order chi connectivity index (χ1) is 9.95. The number of pyridine rings is 1. The Kier molecular flexibility index (Phi) is 5.22. The summed E-state index contributed by atoms with van der Waals surface area (Å²) in [5.74, 6) is 0.223. The van der Waals surface area contributed by atoms with Gasteiger partial charge in [0.05, 0.1) is 17.7 Å². The van der Waals surface area contributed by atoms with E-state index in [9.17, 15) is 13.2 Å². The van der Waals surface area contributed by atoms with E-state index in [1.165, 1.54) is 12.4 Å². The summed E-state index contributed by atoms with van der Waals surface area (Å²) < 4.78 is 45.3. The third-order valence-electron chi connectivity index (χ3n) is 3.88. The van der Waals surface area contributed by atoms with E-state index in [-0.39, 0.29) is 17.6 Å². The maximum absolute atomic E-state index is 13.2. The van der Waals surface area contributed by atoms with E-state index < -0.39 is 17.8 Å². The lowest BCUT2D eigenvalue weighted by molar-refractivity contribution is -0.138. The fourth-order valence-corrected chi connectivity index (χ4v) is 2.76. The van der Waals surface area contributed by atoms with Crippen LogP contribution in [0.1, 0.15) is 43.9 Å². The molecule has 0 radical (unpaired) electrons. The van der Waals surface area contributed by atoms with Crippen molar-refractivity contribution < 1.29 is 17.9 Å². The predicted octanol–water partition coefficient (Wildman–Crippen LogP) is 3.57. The zero-order chi connectivity index (χ0) is 15.5. The molecule has 1 N–H and O–H groups in total. The first-order valence-corrected chi connectivity index (χ1v) is 7.31. The molecular weight excluding hydrogens is 281 g/mol. The molecule has 1 saturated heterocycles. The molecule has 1 fully saturated rings. The van der Waals surface area contributed by atoms with Crippen LogP contribution in [0, 0.1) is 5.92 Å². The van der Waals surface area contributed by atoms with Gasteiger partial charge in [-0.05, 0) is 31.4 Å². The first-order valence-electron chi connectivity index (χ1n) is 7.31. The third-order valence-corrected chi connectivity index (χ3v) is 3.88. The molecule has 2 rings (SSSR count). The number of hydrogen-bond donors (Lipinski definition) is 1. The van der Waals surface area contributed by atoms with Crippen LogP contribution >= 0.6 is 0 Å². The summed E-state index contributed by atoms with van der Waals surface area (Å²) in [5.41, 5.74) is -0.453. The normalized spacial score (nSPS) is 24.2. The molecule has 3 atom stereocenters. The van der Waals surface area contributed by atoms with Gasteiger partial charge < -0.3 is 10.1 Å². The molecule has 6 heteroatoms. The Hall–Kier alpha value is -1.14. The van der Waals surface area contributed by atoms with Crippen molar-refractivity contribution in [3.05, 3.63) is 29.6 Å². The smallest absolute Gasteiger partial charge is 0.376 e. The summed E-state index contributed by atoms with van der Waals surface area (Å²) in [4.78, 5) is 3.89. The zero-order valence-corrected chi connectivity index (χ0v) is 12.3. The quantitative estimate of drug-likeness (QED) is 0.903. The van der Waals surface area contributed by atoms with Crippen LogP contribution in [0.2, 0.25) is 0 Å². The van der Waals surface area contributed by atoms with Crippen molar-refractivity contribution in [3.63, 3.8) is 0 Å². The summed E-state index contributed by atoms with van der Waals surface area (Å²) in [7, 11) is 0. The average Bonchev–Trinajstić information content (AvgIpc) is 2.85. The van der Waals surface area contributed by atoms with Crippen LogP contribution in [0.15, 0.2) is 18.5 Å². The fraction of sp³-hybridized carbons (Fsp3) is 0.667. The monoisotopic (exact) mass is 302 g/mol. The third kappa shape index (κ3) is 3.74. The van der Waals surface area contributed by atoms with Gasteiger partial charge in [0.1, 0.15) is 0 Å². The van der Waals surface area contributed by atoms with Crippen LogP contribution in [0.5, 0.6) is 0 Å². The van der Waals surface area contributed by atoms with E-state index >= 15 is 0 Å². The van der Waals surface area contributed by atoms with E-state index in [1.807, 2.05) is 13.8 Å². The van der Waals surface area contributed by atoms with Crippen LogP contribution in [-0.2, 0) is 10.9 Å². The predicted molar refractivity (Wildman–Crippen MR) is 73.8 cm³/mol. The number of rotatable bonds is 5. The van der Waals surface area contributed by atoms with Gasteiger partial charge in [-0.25, -0.2) is 0 Å². The molecule has 0 bridgehead atoms. The van der Waals surface area contributed by atoms with Gasteiger partial charge in [-0.15, -0.1) is 0 Å². The Balaban J connectivity index is 2.36. The Morgan fingerprint density at radius 2 is 2.24 bits per heavy atom. The Labute approximate surface area is 122 Å². The molecule has 2 heterocycles. The molecule has 0 aromatic carbocycles. The van der Waals surface area contributed by atoms with E-state index in [0.717, 1.165) is 18.9 Å². The molecule has 21 heavy (non-hydrogen) atoms. The summed E-state index contributed by atoms with van der Waals surface area (Å²) in [5, 5.41) is 3.21. The molecule has 0 saturated carbocycles. The van der Waals surface area contributed by atoms with Gasteiger partial charge >= 0.3 is 6.18 Å². The first kappa shape index (κ1) is 16.2. The van der Waals surface area contributed by atoms with Crippen molar-refractivity contribution >= 4 is 0 Å². The summed E-state index contributed by atoms with van der Waals surface area (Å²) in [6.07, 6.45) is -0.420.